The molecule has 0 aliphatic carbocycles. The van der Waals surface area contributed by atoms with Gasteiger partial charge in [0.05, 0.1) is 19.8 Å². The Kier molecular flexibility index (Phi) is 5.59. The number of aliphatic hydroxyl groups is 3. The monoisotopic (exact) mass is 300 g/mol. The van der Waals surface area contributed by atoms with Crippen molar-refractivity contribution in [1.82, 2.24) is 0 Å². The van der Waals surface area contributed by atoms with Crippen LogP contribution in [0.3, 0.4) is 0 Å². The summed E-state index contributed by atoms with van der Waals surface area (Å²) in [5.41, 5.74) is -5.66. The first-order valence-electron chi connectivity index (χ1n) is 4.66. The molecule has 0 saturated heterocycles. The quantitative estimate of drug-likeness (QED) is 0.491. The van der Waals surface area contributed by atoms with Crippen molar-refractivity contribution >= 4 is 5.97 Å². The summed E-state index contributed by atoms with van der Waals surface area (Å²) in [5, 5.41) is 25.6. The van der Waals surface area contributed by atoms with E-state index < -0.39 is 49.7 Å². The standard InChI is InChI=1S/C8H10F6O5/c9-7(10,11)6(18,8(12,13)14)5(17)19-3-4(1-15)2-16/h4,15-16,18H,1-3H2. The van der Waals surface area contributed by atoms with Crippen molar-refractivity contribution in [2.75, 3.05) is 19.8 Å². The average molecular weight is 300 g/mol. The smallest absolute Gasteiger partial charge is 0.437 e. The highest BCUT2D eigenvalue weighted by Crippen LogP contribution is 2.43. The van der Waals surface area contributed by atoms with Crippen molar-refractivity contribution in [3.63, 3.8) is 0 Å². The number of ether oxygens (including phenoxy) is 1. The first kappa shape index (κ1) is 17.9. The molecule has 0 fully saturated rings. The number of hydrogen-bond acceptors (Lipinski definition) is 5. The minimum absolute atomic E-state index is 0.833. The molecule has 0 rings (SSSR count). The van der Waals surface area contributed by atoms with E-state index >= 15 is 0 Å². The Bertz CT molecular complexity index is 294. The number of alkyl halides is 6. The van der Waals surface area contributed by atoms with Crippen LogP contribution >= 0.6 is 0 Å². The van der Waals surface area contributed by atoms with Crippen LogP contribution in [0.1, 0.15) is 0 Å². The number of halogens is 6. The van der Waals surface area contributed by atoms with E-state index in [0.29, 0.717) is 0 Å². The van der Waals surface area contributed by atoms with Crippen molar-refractivity contribution in [2.24, 2.45) is 5.92 Å². The number of rotatable bonds is 5. The largest absolute Gasteiger partial charge is 0.463 e. The number of carbonyl (C=O) groups is 1. The Balaban J connectivity index is 5.07. The fourth-order valence-corrected chi connectivity index (χ4v) is 0.853. The molecule has 0 aromatic rings. The predicted molar refractivity (Wildman–Crippen MR) is 45.7 cm³/mol. The van der Waals surface area contributed by atoms with Gasteiger partial charge in [-0.05, 0) is 0 Å². The van der Waals surface area contributed by atoms with Crippen LogP contribution in [-0.2, 0) is 9.53 Å². The van der Waals surface area contributed by atoms with Gasteiger partial charge in [-0.15, -0.1) is 0 Å². The molecule has 0 saturated carbocycles. The predicted octanol–water partition coefficient (Wildman–Crippen LogP) is -0.0139. The summed E-state index contributed by atoms with van der Waals surface area (Å²) in [6.45, 7) is -2.78. The minimum Gasteiger partial charge on any atom is -0.463 e. The van der Waals surface area contributed by atoms with Crippen molar-refractivity contribution in [3.05, 3.63) is 0 Å². The second-order valence-corrected chi connectivity index (χ2v) is 3.54. The lowest BCUT2D eigenvalue weighted by Gasteiger charge is -2.30. The zero-order valence-corrected chi connectivity index (χ0v) is 9.12. The minimum atomic E-state index is -6.32. The van der Waals surface area contributed by atoms with Gasteiger partial charge in [0, 0.05) is 5.92 Å². The third kappa shape index (κ3) is 3.70. The Labute approximate surface area is 102 Å². The maximum atomic E-state index is 12.2. The normalized spacial score (nSPS) is 13.8. The van der Waals surface area contributed by atoms with E-state index in [1.807, 2.05) is 0 Å². The van der Waals surface area contributed by atoms with E-state index in [0.717, 1.165) is 0 Å². The number of carbonyl (C=O) groups excluding carboxylic acids is 1. The topological polar surface area (TPSA) is 87.0 Å². The zero-order valence-electron chi connectivity index (χ0n) is 9.12. The first-order chi connectivity index (χ1) is 8.41. The lowest BCUT2D eigenvalue weighted by molar-refractivity contribution is -0.357. The zero-order chi connectivity index (χ0) is 15.5. The summed E-state index contributed by atoms with van der Waals surface area (Å²) in [7, 11) is 0. The maximum absolute atomic E-state index is 12.2. The van der Waals surface area contributed by atoms with Crippen LogP contribution in [0.25, 0.3) is 0 Å². The van der Waals surface area contributed by atoms with Gasteiger partial charge in [0.25, 0.3) is 0 Å². The SMILES string of the molecule is O=C(OCC(CO)CO)C(O)(C(F)(F)F)C(F)(F)F. The van der Waals surface area contributed by atoms with E-state index in [-0.39, 0.29) is 0 Å². The molecule has 0 unspecified atom stereocenters. The van der Waals surface area contributed by atoms with E-state index in [1.165, 1.54) is 0 Å². The van der Waals surface area contributed by atoms with Crippen LogP contribution in [0.15, 0.2) is 0 Å². The highest BCUT2D eigenvalue weighted by atomic mass is 19.4. The summed E-state index contributed by atoms with van der Waals surface area (Å²) < 4.78 is 76.7. The van der Waals surface area contributed by atoms with Gasteiger partial charge >= 0.3 is 23.9 Å². The third-order valence-corrected chi connectivity index (χ3v) is 2.08. The number of hydrogen-bond donors (Lipinski definition) is 3. The lowest BCUT2D eigenvalue weighted by atomic mass is 10.0. The Hall–Kier alpha value is -1.07. The molecule has 3 N–H and O–H groups in total. The van der Waals surface area contributed by atoms with Crippen molar-refractivity contribution in [3.8, 4) is 0 Å². The third-order valence-electron chi connectivity index (χ3n) is 2.08. The molecule has 19 heavy (non-hydrogen) atoms. The molecule has 0 spiro atoms. The van der Waals surface area contributed by atoms with Crippen LogP contribution in [0.5, 0.6) is 0 Å². The van der Waals surface area contributed by atoms with Gasteiger partial charge in [0.15, 0.2) is 0 Å². The molecule has 0 radical (unpaired) electrons. The highest BCUT2D eigenvalue weighted by molar-refractivity contribution is 5.81. The van der Waals surface area contributed by atoms with Gasteiger partial charge in [0.1, 0.15) is 0 Å². The molecule has 0 amide bonds. The molecule has 0 atom stereocenters. The summed E-state index contributed by atoms with van der Waals surface area (Å²) in [5.74, 6) is -4.23. The second kappa shape index (κ2) is 5.92. The Morgan fingerprint density at radius 1 is 1.00 bits per heavy atom. The molecular weight excluding hydrogens is 290 g/mol. The van der Waals surface area contributed by atoms with Crippen LogP contribution < -0.4 is 0 Å². The van der Waals surface area contributed by atoms with Crippen LogP contribution in [0, 0.1) is 5.92 Å². The molecule has 11 heteroatoms. The summed E-state index contributed by atoms with van der Waals surface area (Å²) in [6, 6.07) is 0. The van der Waals surface area contributed by atoms with Crippen molar-refractivity contribution in [1.29, 1.82) is 0 Å². The van der Waals surface area contributed by atoms with Gasteiger partial charge in [-0.3, -0.25) is 0 Å². The van der Waals surface area contributed by atoms with Crippen molar-refractivity contribution in [2.45, 2.75) is 18.0 Å². The summed E-state index contributed by atoms with van der Waals surface area (Å²) in [4.78, 5) is 10.8. The van der Waals surface area contributed by atoms with Gasteiger partial charge in [-0.2, -0.15) is 26.3 Å². The Morgan fingerprint density at radius 2 is 1.37 bits per heavy atom. The lowest BCUT2D eigenvalue weighted by Crippen LogP contribution is -2.63. The fourth-order valence-electron chi connectivity index (χ4n) is 0.853. The molecule has 0 heterocycles. The summed E-state index contributed by atoms with van der Waals surface area (Å²) in [6.07, 6.45) is -12.6. The van der Waals surface area contributed by atoms with Gasteiger partial charge in [-0.1, -0.05) is 0 Å². The van der Waals surface area contributed by atoms with Crippen LogP contribution in [-0.4, -0.2) is 59.1 Å². The highest BCUT2D eigenvalue weighted by Gasteiger charge is 2.76. The van der Waals surface area contributed by atoms with E-state index in [4.69, 9.17) is 15.3 Å². The molecule has 0 aromatic carbocycles. The van der Waals surface area contributed by atoms with E-state index in [1.54, 1.807) is 0 Å². The van der Waals surface area contributed by atoms with E-state index in [9.17, 15) is 31.1 Å². The van der Waals surface area contributed by atoms with E-state index in [2.05, 4.69) is 4.74 Å². The molecule has 114 valence electrons. The van der Waals surface area contributed by atoms with Crippen LogP contribution in [0.2, 0.25) is 0 Å². The molecule has 0 bridgehead atoms. The number of aliphatic hydroxyl groups excluding tert-OH is 2. The second-order valence-electron chi connectivity index (χ2n) is 3.54. The van der Waals surface area contributed by atoms with Gasteiger partial charge in [0.2, 0.25) is 0 Å². The van der Waals surface area contributed by atoms with Crippen molar-refractivity contribution < 1.29 is 51.2 Å². The van der Waals surface area contributed by atoms with Gasteiger partial charge in [-0.25, -0.2) is 4.79 Å². The molecule has 0 aromatic heterocycles. The Morgan fingerprint density at radius 3 is 1.63 bits per heavy atom. The molecule has 0 aliphatic heterocycles. The molecule has 0 aliphatic rings. The number of esters is 1. The molecule has 5 nitrogen and oxygen atoms in total. The van der Waals surface area contributed by atoms with Gasteiger partial charge < -0.3 is 20.1 Å². The molecular formula is C8H10F6O5. The average Bonchev–Trinajstić information content (AvgIpc) is 2.25. The fraction of sp³-hybridized carbons (Fsp3) is 0.875. The van der Waals surface area contributed by atoms with Crippen LogP contribution in [0.4, 0.5) is 26.3 Å². The summed E-state index contributed by atoms with van der Waals surface area (Å²) >= 11 is 0. The maximum Gasteiger partial charge on any atom is 0.437 e. The first-order valence-corrected chi connectivity index (χ1v) is 4.66.